The van der Waals surface area contributed by atoms with Crippen LogP contribution in [0, 0.1) is 0 Å². The summed E-state index contributed by atoms with van der Waals surface area (Å²) in [5.41, 5.74) is 0.923. The molecule has 0 bridgehead atoms. The van der Waals surface area contributed by atoms with Gasteiger partial charge in [-0.15, -0.1) is 11.3 Å². The minimum Gasteiger partial charge on any atom is -0.467 e. The number of nitrogens with zero attached hydrogens (tertiary/aromatic N) is 2. The zero-order valence-corrected chi connectivity index (χ0v) is 17.7. The summed E-state index contributed by atoms with van der Waals surface area (Å²) in [7, 11) is 0. The fourth-order valence-corrected chi connectivity index (χ4v) is 4.30. The quantitative estimate of drug-likeness (QED) is 0.533. The van der Waals surface area contributed by atoms with Gasteiger partial charge in [0.15, 0.2) is 11.5 Å². The monoisotopic (exact) mass is 438 g/mol. The van der Waals surface area contributed by atoms with Crippen molar-refractivity contribution in [3.05, 3.63) is 70.3 Å². The summed E-state index contributed by atoms with van der Waals surface area (Å²) >= 11 is 1.40. The highest BCUT2D eigenvalue weighted by molar-refractivity contribution is 7.12. The van der Waals surface area contributed by atoms with E-state index in [4.69, 9.17) is 13.9 Å². The molecule has 2 aliphatic rings. The lowest BCUT2D eigenvalue weighted by Gasteiger charge is -2.27. The summed E-state index contributed by atoms with van der Waals surface area (Å²) in [5, 5.41) is 1.88. The van der Waals surface area contributed by atoms with E-state index in [2.05, 4.69) is 0 Å². The molecule has 0 unspecified atom stereocenters. The molecule has 0 N–H and O–H groups in total. The Kier molecular flexibility index (Phi) is 5.38. The zero-order valence-electron chi connectivity index (χ0n) is 16.9. The summed E-state index contributed by atoms with van der Waals surface area (Å²) < 4.78 is 16.3. The molecule has 3 heterocycles. The third-order valence-electron chi connectivity index (χ3n) is 5.38. The van der Waals surface area contributed by atoms with E-state index in [1.807, 2.05) is 35.7 Å². The Labute approximate surface area is 183 Å². The topological polar surface area (TPSA) is 72.2 Å². The van der Waals surface area contributed by atoms with Crippen molar-refractivity contribution in [2.75, 3.05) is 13.3 Å². The van der Waals surface area contributed by atoms with Gasteiger partial charge in [0, 0.05) is 12.6 Å². The lowest BCUT2D eigenvalue weighted by molar-refractivity contribution is -0.133. The number of carbonyl (C=O) groups is 2. The van der Waals surface area contributed by atoms with E-state index in [9.17, 15) is 9.59 Å². The molecule has 0 atom stereocenters. The average Bonchev–Trinajstić information content (AvgIpc) is 3.21. The third kappa shape index (κ3) is 4.44. The van der Waals surface area contributed by atoms with Gasteiger partial charge in [-0.05, 0) is 54.1 Å². The van der Waals surface area contributed by atoms with Gasteiger partial charge in [-0.25, -0.2) is 0 Å². The first-order valence-electron chi connectivity index (χ1n) is 10.2. The number of benzene rings is 1. The first-order chi connectivity index (χ1) is 15.2. The molecular weight excluding hydrogens is 416 g/mol. The molecule has 160 valence electrons. The fraction of sp³-hybridized carbons (Fsp3) is 0.304. The Morgan fingerprint density at radius 2 is 1.90 bits per heavy atom. The molecular formula is C23H22N2O5S. The van der Waals surface area contributed by atoms with Crippen LogP contribution in [0.2, 0.25) is 0 Å². The van der Waals surface area contributed by atoms with Crippen molar-refractivity contribution < 1.29 is 23.5 Å². The van der Waals surface area contributed by atoms with Crippen molar-refractivity contribution in [2.45, 2.75) is 32.0 Å². The van der Waals surface area contributed by atoms with E-state index in [-0.39, 0.29) is 31.2 Å². The molecule has 0 spiro atoms. The summed E-state index contributed by atoms with van der Waals surface area (Å²) in [6, 6.07) is 13.1. The minimum atomic E-state index is -0.120. The number of thiophene rings is 1. The Morgan fingerprint density at radius 3 is 2.65 bits per heavy atom. The van der Waals surface area contributed by atoms with E-state index in [1.54, 1.807) is 28.2 Å². The zero-order chi connectivity index (χ0) is 21.2. The lowest BCUT2D eigenvalue weighted by atomic mass is 10.2. The minimum absolute atomic E-state index is 0.0483. The van der Waals surface area contributed by atoms with E-state index in [0.717, 1.165) is 18.4 Å². The first-order valence-corrected chi connectivity index (χ1v) is 11.1. The highest BCUT2D eigenvalue weighted by Crippen LogP contribution is 2.33. The average molecular weight is 439 g/mol. The summed E-state index contributed by atoms with van der Waals surface area (Å²) in [6.07, 6.45) is 3.46. The van der Waals surface area contributed by atoms with Crippen LogP contribution in [-0.2, 0) is 17.9 Å². The van der Waals surface area contributed by atoms with Crippen LogP contribution < -0.4 is 9.47 Å². The second-order valence-electron chi connectivity index (χ2n) is 7.66. The predicted molar refractivity (Wildman–Crippen MR) is 114 cm³/mol. The number of amides is 2. The molecule has 1 aliphatic heterocycles. The second kappa shape index (κ2) is 8.47. The Balaban J connectivity index is 1.35. The van der Waals surface area contributed by atoms with Crippen LogP contribution in [0.3, 0.4) is 0 Å². The maximum atomic E-state index is 13.4. The van der Waals surface area contributed by atoms with Crippen molar-refractivity contribution in [3.63, 3.8) is 0 Å². The highest BCUT2D eigenvalue weighted by atomic mass is 32.1. The molecule has 1 aromatic carbocycles. The Morgan fingerprint density at radius 1 is 1.03 bits per heavy atom. The number of hydrogen-bond donors (Lipinski definition) is 0. The van der Waals surface area contributed by atoms with Crippen LogP contribution in [0.25, 0.3) is 0 Å². The summed E-state index contributed by atoms with van der Waals surface area (Å²) in [6.45, 7) is 0.954. The van der Waals surface area contributed by atoms with Crippen molar-refractivity contribution >= 4 is 23.2 Å². The third-order valence-corrected chi connectivity index (χ3v) is 6.23. The molecule has 0 radical (unpaired) electrons. The standard InChI is InChI=1S/C23H22N2O5S/c26-22(14-25(17-6-7-17)23(27)21-4-2-10-31-21)24(13-18-3-1-9-28-18)12-16-5-8-19-20(11-16)30-15-29-19/h1-5,8-11,17H,6-7,12-15H2. The van der Waals surface area contributed by atoms with Gasteiger partial charge in [-0.3, -0.25) is 9.59 Å². The summed E-state index contributed by atoms with van der Waals surface area (Å²) in [5.74, 6) is 1.87. The molecule has 3 aromatic rings. The normalized spacial score (nSPS) is 14.5. The maximum absolute atomic E-state index is 13.4. The predicted octanol–water partition coefficient (Wildman–Crippen LogP) is 3.90. The lowest BCUT2D eigenvalue weighted by Crippen LogP contribution is -2.43. The number of furan rings is 1. The number of hydrogen-bond acceptors (Lipinski definition) is 6. The van der Waals surface area contributed by atoms with Gasteiger partial charge >= 0.3 is 0 Å². The number of fused-ring (bicyclic) bond motifs is 1. The molecule has 2 aromatic heterocycles. The van der Waals surface area contributed by atoms with Gasteiger partial charge in [-0.1, -0.05) is 12.1 Å². The van der Waals surface area contributed by atoms with Gasteiger partial charge < -0.3 is 23.7 Å². The van der Waals surface area contributed by atoms with Crippen LogP contribution in [0.4, 0.5) is 0 Å². The van der Waals surface area contributed by atoms with Gasteiger partial charge in [0.05, 0.1) is 17.7 Å². The van der Waals surface area contributed by atoms with Gasteiger partial charge in [0.2, 0.25) is 12.7 Å². The van der Waals surface area contributed by atoms with E-state index in [1.165, 1.54) is 11.3 Å². The highest BCUT2D eigenvalue weighted by Gasteiger charge is 2.35. The van der Waals surface area contributed by atoms with E-state index >= 15 is 0 Å². The molecule has 8 heteroatoms. The van der Waals surface area contributed by atoms with Crippen molar-refractivity contribution in [1.82, 2.24) is 9.80 Å². The maximum Gasteiger partial charge on any atom is 0.264 e. The second-order valence-corrected chi connectivity index (χ2v) is 8.61. The van der Waals surface area contributed by atoms with Crippen molar-refractivity contribution in [2.24, 2.45) is 0 Å². The Bertz CT molecular complexity index is 1060. The molecule has 5 rings (SSSR count). The molecule has 0 saturated heterocycles. The largest absolute Gasteiger partial charge is 0.467 e. The molecule has 31 heavy (non-hydrogen) atoms. The van der Waals surface area contributed by atoms with Crippen LogP contribution in [0.15, 0.2) is 58.5 Å². The van der Waals surface area contributed by atoms with E-state index in [0.29, 0.717) is 35.2 Å². The van der Waals surface area contributed by atoms with Crippen LogP contribution >= 0.6 is 11.3 Å². The molecule has 1 fully saturated rings. The van der Waals surface area contributed by atoms with Crippen LogP contribution in [0.1, 0.15) is 33.8 Å². The Hall–Kier alpha value is -3.26. The summed E-state index contributed by atoms with van der Waals surface area (Å²) in [4.78, 5) is 30.4. The first kappa shape index (κ1) is 19.7. The van der Waals surface area contributed by atoms with E-state index < -0.39 is 0 Å². The fourth-order valence-electron chi connectivity index (χ4n) is 3.62. The van der Waals surface area contributed by atoms with Gasteiger partial charge in [0.1, 0.15) is 12.3 Å². The molecule has 7 nitrogen and oxygen atoms in total. The van der Waals surface area contributed by atoms with Crippen LogP contribution in [0.5, 0.6) is 11.5 Å². The van der Waals surface area contributed by atoms with Gasteiger partial charge in [-0.2, -0.15) is 0 Å². The molecule has 1 saturated carbocycles. The molecule has 2 amide bonds. The smallest absolute Gasteiger partial charge is 0.264 e. The number of carbonyl (C=O) groups excluding carboxylic acids is 2. The van der Waals surface area contributed by atoms with Crippen molar-refractivity contribution in [3.8, 4) is 11.5 Å². The molecule has 1 aliphatic carbocycles. The SMILES string of the molecule is O=C(CN(C(=O)c1cccs1)C1CC1)N(Cc1ccc2c(c1)OCO2)Cc1ccco1. The van der Waals surface area contributed by atoms with Crippen molar-refractivity contribution in [1.29, 1.82) is 0 Å². The number of rotatable bonds is 8. The van der Waals surface area contributed by atoms with Crippen LogP contribution in [-0.4, -0.2) is 41.0 Å². The van der Waals surface area contributed by atoms with Gasteiger partial charge in [0.25, 0.3) is 5.91 Å². The number of ether oxygens (including phenoxy) is 2.